The summed E-state index contributed by atoms with van der Waals surface area (Å²) in [6.45, 7) is 4.14. The Hall–Kier alpha value is -3.12. The van der Waals surface area contributed by atoms with Gasteiger partial charge in [0.25, 0.3) is 0 Å². The van der Waals surface area contributed by atoms with E-state index in [1.165, 1.54) is 18.2 Å². The number of carbonyl (C=O) groups excluding carboxylic acids is 2. The summed E-state index contributed by atoms with van der Waals surface area (Å²) in [6.07, 6.45) is 0.949. The first-order chi connectivity index (χ1) is 14.0. The number of benzene rings is 2. The van der Waals surface area contributed by atoms with Gasteiger partial charge >= 0.3 is 12.0 Å². The van der Waals surface area contributed by atoms with Gasteiger partial charge in [0.1, 0.15) is 0 Å². The Morgan fingerprint density at radius 3 is 2.59 bits per heavy atom. The maximum Gasteiger partial charge on any atom is 0.338 e. The number of fused-ring (bicyclic) bond motifs is 1. The van der Waals surface area contributed by atoms with Crippen LogP contribution in [0.5, 0.6) is 0 Å². The Labute approximate surface area is 170 Å². The molecule has 0 unspecified atom stereocenters. The van der Waals surface area contributed by atoms with Crippen LogP contribution in [-0.2, 0) is 22.5 Å². The van der Waals surface area contributed by atoms with Crippen LogP contribution in [0.1, 0.15) is 28.3 Å². The van der Waals surface area contributed by atoms with Gasteiger partial charge in [-0.05, 0) is 30.0 Å². The predicted octanol–water partition coefficient (Wildman–Crippen LogP) is 2.83. The average Bonchev–Trinajstić information content (AvgIpc) is 2.73. The molecular formula is C23H25N3O3. The molecule has 0 aromatic heterocycles. The highest BCUT2D eigenvalue weighted by atomic mass is 16.5. The van der Waals surface area contributed by atoms with E-state index in [2.05, 4.69) is 33.7 Å². The van der Waals surface area contributed by atoms with Crippen LogP contribution in [0, 0.1) is 6.92 Å². The molecule has 0 aliphatic carbocycles. The summed E-state index contributed by atoms with van der Waals surface area (Å²) in [7, 11) is 1.37. The Balaban J connectivity index is 1.66. The van der Waals surface area contributed by atoms with Crippen molar-refractivity contribution in [3.05, 3.63) is 82.1 Å². The van der Waals surface area contributed by atoms with Crippen LogP contribution in [-0.4, -0.2) is 37.1 Å². The van der Waals surface area contributed by atoms with Crippen LogP contribution >= 0.6 is 0 Å². The van der Waals surface area contributed by atoms with E-state index in [4.69, 9.17) is 4.74 Å². The van der Waals surface area contributed by atoms with Crippen molar-refractivity contribution in [2.24, 2.45) is 0 Å². The molecule has 6 heteroatoms. The lowest BCUT2D eigenvalue weighted by Crippen LogP contribution is -2.48. The Kier molecular flexibility index (Phi) is 5.36. The first-order valence-electron chi connectivity index (χ1n) is 9.79. The fourth-order valence-electron chi connectivity index (χ4n) is 4.02. The lowest BCUT2D eigenvalue weighted by Gasteiger charge is -2.34. The number of amides is 2. The SMILES string of the molecule is COC(=O)C1=C(CN2CCc3ccccc3C2)NC(=O)N[C@H]1c1ccc(C)cc1. The second-order valence-electron chi connectivity index (χ2n) is 7.56. The van der Waals surface area contributed by atoms with Gasteiger partial charge in [0, 0.05) is 25.3 Å². The molecule has 2 aromatic rings. The van der Waals surface area contributed by atoms with Crippen LogP contribution in [0.15, 0.2) is 59.8 Å². The van der Waals surface area contributed by atoms with Crippen molar-refractivity contribution in [3.8, 4) is 0 Å². The highest BCUT2D eigenvalue weighted by Gasteiger charge is 2.34. The molecule has 2 aliphatic rings. The molecule has 2 heterocycles. The molecule has 4 rings (SSSR count). The largest absolute Gasteiger partial charge is 0.466 e. The average molecular weight is 391 g/mol. The molecule has 2 amide bonds. The number of esters is 1. The van der Waals surface area contributed by atoms with Crippen molar-refractivity contribution in [1.82, 2.24) is 15.5 Å². The molecule has 0 bridgehead atoms. The molecule has 2 aromatic carbocycles. The Morgan fingerprint density at radius 1 is 1.14 bits per heavy atom. The van der Waals surface area contributed by atoms with Gasteiger partial charge in [-0.2, -0.15) is 0 Å². The molecule has 0 spiro atoms. The standard InChI is InChI=1S/C23H25N3O3/c1-15-7-9-17(10-8-15)21-20(22(27)29-2)19(24-23(28)25-21)14-26-12-11-16-5-3-4-6-18(16)13-26/h3-10,21H,11-14H2,1-2H3,(H2,24,25,28)/t21-/m0/s1. The Bertz CT molecular complexity index is 966. The number of hydrogen-bond donors (Lipinski definition) is 2. The fraction of sp³-hybridized carbons (Fsp3) is 0.304. The smallest absolute Gasteiger partial charge is 0.338 e. The van der Waals surface area contributed by atoms with Gasteiger partial charge in [0.05, 0.1) is 18.7 Å². The topological polar surface area (TPSA) is 70.7 Å². The van der Waals surface area contributed by atoms with E-state index in [9.17, 15) is 9.59 Å². The van der Waals surface area contributed by atoms with Crippen LogP contribution in [0.4, 0.5) is 4.79 Å². The van der Waals surface area contributed by atoms with Gasteiger partial charge in [-0.1, -0.05) is 54.1 Å². The third-order valence-electron chi connectivity index (χ3n) is 5.56. The zero-order valence-electron chi connectivity index (χ0n) is 16.7. The molecule has 2 N–H and O–H groups in total. The van der Waals surface area contributed by atoms with E-state index in [1.54, 1.807) is 0 Å². The van der Waals surface area contributed by atoms with Gasteiger partial charge in [0.15, 0.2) is 0 Å². The number of hydrogen-bond acceptors (Lipinski definition) is 4. The van der Waals surface area contributed by atoms with Crippen LogP contribution in [0.3, 0.4) is 0 Å². The molecule has 0 fully saturated rings. The molecule has 2 aliphatic heterocycles. The summed E-state index contributed by atoms with van der Waals surface area (Å²) in [5, 5.41) is 5.72. The number of methoxy groups -OCH3 is 1. The molecule has 150 valence electrons. The van der Waals surface area contributed by atoms with Gasteiger partial charge in [-0.25, -0.2) is 9.59 Å². The molecule has 0 saturated heterocycles. The van der Waals surface area contributed by atoms with Crippen LogP contribution in [0.25, 0.3) is 0 Å². The zero-order chi connectivity index (χ0) is 20.4. The summed E-state index contributed by atoms with van der Waals surface area (Å²) in [4.78, 5) is 27.3. The predicted molar refractivity (Wildman–Crippen MR) is 110 cm³/mol. The minimum absolute atomic E-state index is 0.310. The number of nitrogens with one attached hydrogen (secondary N) is 2. The zero-order valence-corrected chi connectivity index (χ0v) is 16.7. The second-order valence-corrected chi connectivity index (χ2v) is 7.56. The summed E-state index contributed by atoms with van der Waals surface area (Å²) < 4.78 is 5.07. The fourth-order valence-corrected chi connectivity index (χ4v) is 4.02. The first-order valence-corrected chi connectivity index (χ1v) is 9.79. The minimum atomic E-state index is -0.538. The minimum Gasteiger partial charge on any atom is -0.466 e. The number of ether oxygens (including phenoxy) is 1. The van der Waals surface area contributed by atoms with E-state index >= 15 is 0 Å². The monoisotopic (exact) mass is 391 g/mol. The van der Waals surface area contributed by atoms with Crippen molar-refractivity contribution in [1.29, 1.82) is 0 Å². The Morgan fingerprint density at radius 2 is 1.86 bits per heavy atom. The van der Waals surface area contributed by atoms with Crippen LogP contribution < -0.4 is 10.6 Å². The molecule has 0 radical (unpaired) electrons. The van der Waals surface area contributed by atoms with Crippen LogP contribution in [0.2, 0.25) is 0 Å². The number of nitrogens with zero attached hydrogens (tertiary/aromatic N) is 1. The van der Waals surface area contributed by atoms with Crippen molar-refractivity contribution in [2.45, 2.75) is 25.9 Å². The summed E-state index contributed by atoms with van der Waals surface area (Å²) in [6, 6.07) is 15.4. The second kappa shape index (κ2) is 8.09. The van der Waals surface area contributed by atoms with E-state index in [1.807, 2.05) is 37.3 Å². The van der Waals surface area contributed by atoms with Crippen molar-refractivity contribution in [2.75, 3.05) is 20.2 Å². The molecule has 1 atom stereocenters. The lowest BCUT2D eigenvalue weighted by atomic mass is 9.94. The van der Waals surface area contributed by atoms with Gasteiger partial charge in [0.2, 0.25) is 0 Å². The van der Waals surface area contributed by atoms with Gasteiger partial charge < -0.3 is 15.4 Å². The van der Waals surface area contributed by atoms with Gasteiger partial charge in [-0.3, -0.25) is 4.90 Å². The lowest BCUT2D eigenvalue weighted by molar-refractivity contribution is -0.136. The molecule has 29 heavy (non-hydrogen) atoms. The third-order valence-corrected chi connectivity index (χ3v) is 5.56. The third kappa shape index (κ3) is 4.03. The highest BCUT2D eigenvalue weighted by Crippen LogP contribution is 2.29. The van der Waals surface area contributed by atoms with E-state index in [-0.39, 0.29) is 6.03 Å². The first kappa shape index (κ1) is 19.2. The van der Waals surface area contributed by atoms with E-state index < -0.39 is 12.0 Å². The molecular weight excluding hydrogens is 366 g/mol. The maximum absolute atomic E-state index is 12.7. The van der Waals surface area contributed by atoms with Crippen molar-refractivity contribution >= 4 is 12.0 Å². The number of carbonyl (C=O) groups is 2. The van der Waals surface area contributed by atoms with E-state index in [0.29, 0.717) is 17.8 Å². The van der Waals surface area contributed by atoms with Crippen molar-refractivity contribution in [3.63, 3.8) is 0 Å². The van der Waals surface area contributed by atoms with Crippen molar-refractivity contribution < 1.29 is 14.3 Å². The summed E-state index contributed by atoms with van der Waals surface area (Å²) >= 11 is 0. The quantitative estimate of drug-likeness (QED) is 0.787. The maximum atomic E-state index is 12.7. The number of aryl methyl sites for hydroxylation is 1. The molecule has 6 nitrogen and oxygen atoms in total. The summed E-state index contributed by atoms with van der Waals surface area (Å²) in [5.41, 5.74) is 5.67. The number of rotatable bonds is 4. The highest BCUT2D eigenvalue weighted by molar-refractivity contribution is 5.95. The number of urea groups is 1. The molecule has 0 saturated carbocycles. The van der Waals surface area contributed by atoms with Gasteiger partial charge in [-0.15, -0.1) is 0 Å². The summed E-state index contributed by atoms with van der Waals surface area (Å²) in [5.74, 6) is -0.435. The normalized spacial score (nSPS) is 19.2. The van der Waals surface area contributed by atoms with E-state index in [0.717, 1.165) is 30.6 Å².